The van der Waals surface area contributed by atoms with E-state index in [1.807, 2.05) is 36.5 Å². The molecule has 0 fully saturated rings. The lowest BCUT2D eigenvalue weighted by atomic mass is 9.79. The first-order valence-electron chi connectivity index (χ1n) is 8.84. The largest absolute Gasteiger partial charge is 0.396 e. The van der Waals surface area contributed by atoms with Crippen molar-refractivity contribution >= 4 is 11.8 Å². The van der Waals surface area contributed by atoms with Crippen LogP contribution in [-0.2, 0) is 6.54 Å². The molecule has 2 amide bonds. The average Bonchev–Trinajstić information content (AvgIpc) is 3.06. The van der Waals surface area contributed by atoms with Crippen LogP contribution in [0.4, 0.5) is 10.6 Å². The molecule has 25 heavy (non-hydrogen) atoms. The summed E-state index contributed by atoms with van der Waals surface area (Å²) in [6.07, 6.45) is 4.36. The monoisotopic (exact) mass is 344 g/mol. The molecule has 0 radical (unpaired) electrons. The SMILES string of the molecule is CCC(CC)(CCO)CNC(=O)Nc1ccn(Cc2ccccc2)n1. The fourth-order valence-electron chi connectivity index (χ4n) is 2.89. The summed E-state index contributed by atoms with van der Waals surface area (Å²) in [7, 11) is 0. The molecule has 136 valence electrons. The second-order valence-electron chi connectivity index (χ2n) is 6.37. The number of aromatic nitrogens is 2. The molecule has 6 nitrogen and oxygen atoms in total. The number of hydrogen-bond donors (Lipinski definition) is 3. The Morgan fingerprint density at radius 1 is 1.20 bits per heavy atom. The van der Waals surface area contributed by atoms with Crippen LogP contribution >= 0.6 is 0 Å². The highest BCUT2D eigenvalue weighted by molar-refractivity contribution is 5.88. The summed E-state index contributed by atoms with van der Waals surface area (Å²) in [6.45, 7) is 5.51. The molecule has 6 heteroatoms. The van der Waals surface area contributed by atoms with E-state index in [0.717, 1.165) is 18.4 Å². The number of amides is 2. The number of benzene rings is 1. The molecule has 0 saturated carbocycles. The van der Waals surface area contributed by atoms with Gasteiger partial charge >= 0.3 is 6.03 Å². The molecule has 3 N–H and O–H groups in total. The minimum atomic E-state index is -0.269. The van der Waals surface area contributed by atoms with Crippen LogP contribution in [0.15, 0.2) is 42.6 Å². The van der Waals surface area contributed by atoms with Gasteiger partial charge in [-0.3, -0.25) is 10.00 Å². The summed E-state index contributed by atoms with van der Waals surface area (Å²) in [5.41, 5.74) is 1.10. The minimum Gasteiger partial charge on any atom is -0.396 e. The van der Waals surface area contributed by atoms with Gasteiger partial charge in [-0.05, 0) is 30.2 Å². The van der Waals surface area contributed by atoms with Crippen molar-refractivity contribution in [2.24, 2.45) is 5.41 Å². The van der Waals surface area contributed by atoms with E-state index in [1.165, 1.54) is 0 Å². The van der Waals surface area contributed by atoms with Crippen LogP contribution in [0.5, 0.6) is 0 Å². The van der Waals surface area contributed by atoms with Gasteiger partial charge in [-0.25, -0.2) is 4.79 Å². The van der Waals surface area contributed by atoms with Crippen molar-refractivity contribution in [1.29, 1.82) is 0 Å². The summed E-state index contributed by atoms with van der Waals surface area (Å²) >= 11 is 0. The molecule has 0 aliphatic heterocycles. The van der Waals surface area contributed by atoms with Crippen LogP contribution in [0.25, 0.3) is 0 Å². The van der Waals surface area contributed by atoms with E-state index < -0.39 is 0 Å². The van der Waals surface area contributed by atoms with Gasteiger partial charge in [0, 0.05) is 25.4 Å². The van der Waals surface area contributed by atoms with Crippen molar-refractivity contribution in [3.63, 3.8) is 0 Å². The smallest absolute Gasteiger partial charge is 0.320 e. The molecule has 0 aliphatic rings. The fourth-order valence-corrected chi connectivity index (χ4v) is 2.89. The number of anilines is 1. The van der Waals surface area contributed by atoms with Gasteiger partial charge < -0.3 is 10.4 Å². The highest BCUT2D eigenvalue weighted by atomic mass is 16.3. The van der Waals surface area contributed by atoms with E-state index in [4.69, 9.17) is 0 Å². The number of nitrogens with one attached hydrogen (secondary N) is 2. The van der Waals surface area contributed by atoms with E-state index in [1.54, 1.807) is 10.7 Å². The summed E-state index contributed by atoms with van der Waals surface area (Å²) in [5, 5.41) is 19.3. The average molecular weight is 344 g/mol. The van der Waals surface area contributed by atoms with Gasteiger partial charge in [0.2, 0.25) is 0 Å². The summed E-state index contributed by atoms with van der Waals surface area (Å²) in [4.78, 5) is 12.1. The summed E-state index contributed by atoms with van der Waals surface area (Å²) < 4.78 is 1.79. The zero-order valence-electron chi connectivity index (χ0n) is 15.0. The number of aliphatic hydroxyl groups excluding tert-OH is 1. The number of nitrogens with zero attached hydrogens (tertiary/aromatic N) is 2. The number of urea groups is 1. The van der Waals surface area contributed by atoms with E-state index in [9.17, 15) is 9.90 Å². The Kier molecular flexibility index (Phi) is 7.01. The Hall–Kier alpha value is -2.34. The van der Waals surface area contributed by atoms with E-state index in [2.05, 4.69) is 29.6 Å². The molecule has 1 heterocycles. The summed E-state index contributed by atoms with van der Waals surface area (Å²) in [6, 6.07) is 11.6. The minimum absolute atomic E-state index is 0.0568. The van der Waals surface area contributed by atoms with Gasteiger partial charge in [0.1, 0.15) is 0 Å². The van der Waals surface area contributed by atoms with Crippen LogP contribution in [-0.4, -0.2) is 34.1 Å². The topological polar surface area (TPSA) is 79.2 Å². The third kappa shape index (κ3) is 5.60. The third-order valence-electron chi connectivity index (χ3n) is 4.84. The van der Waals surface area contributed by atoms with Crippen molar-refractivity contribution < 1.29 is 9.90 Å². The molecule has 0 unspecified atom stereocenters. The van der Waals surface area contributed by atoms with Crippen LogP contribution in [0.2, 0.25) is 0 Å². The molecule has 0 aliphatic carbocycles. The van der Waals surface area contributed by atoms with Crippen LogP contribution < -0.4 is 10.6 Å². The molecule has 2 aromatic rings. The normalized spacial score (nSPS) is 11.3. The van der Waals surface area contributed by atoms with Gasteiger partial charge in [0.15, 0.2) is 5.82 Å². The molecule has 2 rings (SSSR count). The Labute approximate surface area is 149 Å². The highest BCUT2D eigenvalue weighted by Gasteiger charge is 2.26. The number of rotatable bonds is 9. The maximum absolute atomic E-state index is 12.1. The molecule has 1 aromatic heterocycles. The molecular formula is C19H28N4O2. The van der Waals surface area contributed by atoms with Crippen molar-refractivity contribution in [3.05, 3.63) is 48.2 Å². The molecule has 0 spiro atoms. The van der Waals surface area contributed by atoms with E-state index in [0.29, 0.717) is 25.3 Å². The standard InChI is InChI=1S/C19H28N4O2/c1-3-19(4-2,11-13-24)15-20-18(25)21-17-10-12-23(22-17)14-16-8-6-5-7-9-16/h5-10,12,24H,3-4,11,13-15H2,1-2H3,(H2,20,21,22,25). The highest BCUT2D eigenvalue weighted by Crippen LogP contribution is 2.29. The predicted molar refractivity (Wildman–Crippen MR) is 99.5 cm³/mol. The molecular weight excluding hydrogens is 316 g/mol. The molecule has 0 saturated heterocycles. The number of carbonyl (C=O) groups is 1. The van der Waals surface area contributed by atoms with E-state index in [-0.39, 0.29) is 18.1 Å². The Morgan fingerprint density at radius 2 is 1.92 bits per heavy atom. The van der Waals surface area contributed by atoms with Crippen molar-refractivity contribution in [1.82, 2.24) is 15.1 Å². The number of hydrogen-bond acceptors (Lipinski definition) is 3. The van der Waals surface area contributed by atoms with Crippen molar-refractivity contribution in [3.8, 4) is 0 Å². The first-order valence-corrected chi connectivity index (χ1v) is 8.84. The lowest BCUT2D eigenvalue weighted by Crippen LogP contribution is -2.39. The lowest BCUT2D eigenvalue weighted by Gasteiger charge is -2.31. The molecule has 1 aromatic carbocycles. The Morgan fingerprint density at radius 3 is 2.56 bits per heavy atom. The maximum atomic E-state index is 12.1. The lowest BCUT2D eigenvalue weighted by molar-refractivity contribution is 0.165. The second kappa shape index (κ2) is 9.22. The van der Waals surface area contributed by atoms with Gasteiger partial charge in [-0.2, -0.15) is 5.10 Å². The molecule has 0 bridgehead atoms. The predicted octanol–water partition coefficient (Wildman–Crippen LogP) is 3.24. The van der Waals surface area contributed by atoms with Gasteiger partial charge in [0.25, 0.3) is 0 Å². The first-order chi connectivity index (χ1) is 12.1. The van der Waals surface area contributed by atoms with Crippen LogP contribution in [0, 0.1) is 5.41 Å². The van der Waals surface area contributed by atoms with Crippen molar-refractivity contribution in [2.75, 3.05) is 18.5 Å². The Bertz CT molecular complexity index is 650. The van der Waals surface area contributed by atoms with Gasteiger partial charge in [-0.15, -0.1) is 0 Å². The second-order valence-corrected chi connectivity index (χ2v) is 6.37. The maximum Gasteiger partial charge on any atom is 0.320 e. The number of aliphatic hydroxyl groups is 1. The zero-order chi connectivity index (χ0) is 18.1. The Balaban J connectivity index is 1.86. The van der Waals surface area contributed by atoms with E-state index >= 15 is 0 Å². The number of carbonyl (C=O) groups excluding carboxylic acids is 1. The zero-order valence-corrected chi connectivity index (χ0v) is 15.0. The summed E-state index contributed by atoms with van der Waals surface area (Å²) in [5.74, 6) is 0.522. The van der Waals surface area contributed by atoms with Crippen molar-refractivity contribution in [2.45, 2.75) is 39.7 Å². The quantitative estimate of drug-likeness (QED) is 0.653. The molecule has 0 atom stereocenters. The van der Waals surface area contributed by atoms with Gasteiger partial charge in [0.05, 0.1) is 6.54 Å². The third-order valence-corrected chi connectivity index (χ3v) is 4.84. The van der Waals surface area contributed by atoms with Crippen LogP contribution in [0.1, 0.15) is 38.7 Å². The van der Waals surface area contributed by atoms with Crippen LogP contribution in [0.3, 0.4) is 0 Å². The first kappa shape index (κ1) is 19.0. The fraction of sp³-hybridized carbons (Fsp3) is 0.474. The van der Waals surface area contributed by atoms with Gasteiger partial charge in [-0.1, -0.05) is 44.2 Å².